The molecule has 1 fully saturated rings. The zero-order valence-corrected chi connectivity index (χ0v) is 14.0. The summed E-state index contributed by atoms with van der Waals surface area (Å²) in [4.78, 5) is 14.8. The quantitative estimate of drug-likeness (QED) is 0.946. The van der Waals surface area contributed by atoms with Gasteiger partial charge in [0.2, 0.25) is 0 Å². The zero-order valence-electron chi connectivity index (χ0n) is 14.0. The zero-order chi connectivity index (χ0) is 16.6. The Morgan fingerprint density at radius 1 is 1.39 bits per heavy atom. The molecule has 1 aromatic heterocycles. The average molecular weight is 312 g/mol. The number of hydrogen-bond acceptors (Lipinski definition) is 3. The molecule has 2 unspecified atom stereocenters. The number of carbonyl (C=O) groups excluding carboxylic acids is 1. The van der Waals surface area contributed by atoms with Gasteiger partial charge in [0, 0.05) is 12.6 Å². The first kappa shape index (κ1) is 15.7. The molecule has 0 saturated carbocycles. The van der Waals surface area contributed by atoms with E-state index in [2.05, 4.69) is 18.1 Å². The van der Waals surface area contributed by atoms with Crippen LogP contribution in [0.5, 0.6) is 0 Å². The average Bonchev–Trinajstić information content (AvgIpc) is 3.09. The van der Waals surface area contributed by atoms with Crippen LogP contribution in [-0.2, 0) is 0 Å². The minimum absolute atomic E-state index is 0.0600. The maximum Gasteiger partial charge on any atom is 0.257 e. The Morgan fingerprint density at radius 2 is 2.17 bits per heavy atom. The molecule has 5 nitrogen and oxygen atoms in total. The van der Waals surface area contributed by atoms with Crippen LogP contribution < -0.4 is 5.73 Å². The van der Waals surface area contributed by atoms with Crippen molar-refractivity contribution in [2.24, 2.45) is 11.7 Å². The van der Waals surface area contributed by atoms with Crippen molar-refractivity contribution in [3.05, 3.63) is 47.3 Å². The number of carbonyl (C=O) groups is 1. The van der Waals surface area contributed by atoms with Gasteiger partial charge in [0.05, 0.1) is 23.1 Å². The van der Waals surface area contributed by atoms with Gasteiger partial charge in [0.25, 0.3) is 5.91 Å². The predicted molar refractivity (Wildman–Crippen MR) is 90.7 cm³/mol. The molecule has 1 aliphatic rings. The number of rotatable bonds is 3. The topological polar surface area (TPSA) is 64.2 Å². The third kappa shape index (κ3) is 2.88. The molecule has 5 heteroatoms. The molecular formula is C18H24N4O. The fourth-order valence-corrected chi connectivity index (χ4v) is 3.39. The molecular weight excluding hydrogens is 288 g/mol. The minimum Gasteiger partial charge on any atom is -0.335 e. The Bertz CT molecular complexity index is 722. The third-order valence-electron chi connectivity index (χ3n) is 4.74. The van der Waals surface area contributed by atoms with E-state index in [9.17, 15) is 4.79 Å². The van der Waals surface area contributed by atoms with Crippen molar-refractivity contribution in [1.82, 2.24) is 14.7 Å². The van der Waals surface area contributed by atoms with E-state index in [0.29, 0.717) is 18.0 Å². The van der Waals surface area contributed by atoms with E-state index in [0.717, 1.165) is 24.3 Å². The van der Waals surface area contributed by atoms with Crippen LogP contribution in [0.15, 0.2) is 30.5 Å². The molecule has 2 heterocycles. The minimum atomic E-state index is 0.0600. The number of aryl methyl sites for hydroxylation is 1. The molecule has 0 bridgehead atoms. The lowest BCUT2D eigenvalue weighted by molar-refractivity contribution is 0.0742. The lowest BCUT2D eigenvalue weighted by Crippen LogP contribution is -2.34. The highest BCUT2D eigenvalue weighted by Crippen LogP contribution is 2.25. The van der Waals surface area contributed by atoms with Crippen molar-refractivity contribution >= 4 is 5.91 Å². The monoisotopic (exact) mass is 312 g/mol. The highest BCUT2D eigenvalue weighted by atomic mass is 16.2. The molecule has 0 aliphatic carbocycles. The fourth-order valence-electron chi connectivity index (χ4n) is 3.39. The van der Waals surface area contributed by atoms with Gasteiger partial charge < -0.3 is 10.6 Å². The summed E-state index contributed by atoms with van der Waals surface area (Å²) in [6, 6.07) is 8.36. The van der Waals surface area contributed by atoms with Gasteiger partial charge >= 0.3 is 0 Å². The molecule has 2 aromatic rings. The molecule has 1 saturated heterocycles. The summed E-state index contributed by atoms with van der Waals surface area (Å²) in [6.07, 6.45) is 2.66. The molecule has 23 heavy (non-hydrogen) atoms. The van der Waals surface area contributed by atoms with E-state index in [1.54, 1.807) is 6.20 Å². The smallest absolute Gasteiger partial charge is 0.257 e. The van der Waals surface area contributed by atoms with E-state index in [1.165, 1.54) is 5.56 Å². The molecule has 0 radical (unpaired) electrons. The fraction of sp³-hybridized carbons (Fsp3) is 0.444. The largest absolute Gasteiger partial charge is 0.335 e. The van der Waals surface area contributed by atoms with Crippen molar-refractivity contribution in [2.45, 2.75) is 33.2 Å². The highest BCUT2D eigenvalue weighted by molar-refractivity contribution is 5.95. The van der Waals surface area contributed by atoms with Crippen molar-refractivity contribution in [3.8, 4) is 5.69 Å². The van der Waals surface area contributed by atoms with Gasteiger partial charge in [-0.2, -0.15) is 5.10 Å². The summed E-state index contributed by atoms with van der Waals surface area (Å²) in [5.41, 5.74) is 9.48. The lowest BCUT2D eigenvalue weighted by Gasteiger charge is -2.21. The highest BCUT2D eigenvalue weighted by Gasteiger charge is 2.33. The number of benzene rings is 1. The summed E-state index contributed by atoms with van der Waals surface area (Å²) in [7, 11) is 0. The Labute approximate surface area is 137 Å². The van der Waals surface area contributed by atoms with E-state index >= 15 is 0 Å². The summed E-state index contributed by atoms with van der Waals surface area (Å²) >= 11 is 0. The number of hydrogen-bond donors (Lipinski definition) is 1. The Kier molecular flexibility index (Phi) is 4.22. The first-order valence-corrected chi connectivity index (χ1v) is 8.14. The van der Waals surface area contributed by atoms with E-state index < -0.39 is 0 Å². The molecule has 3 rings (SSSR count). The number of amides is 1. The van der Waals surface area contributed by atoms with E-state index in [1.807, 2.05) is 41.6 Å². The molecule has 1 aliphatic heterocycles. The van der Waals surface area contributed by atoms with E-state index in [4.69, 9.17) is 5.73 Å². The van der Waals surface area contributed by atoms with Gasteiger partial charge in [-0.05, 0) is 57.4 Å². The predicted octanol–water partition coefficient (Wildman–Crippen LogP) is 2.30. The van der Waals surface area contributed by atoms with E-state index in [-0.39, 0.29) is 11.9 Å². The Morgan fingerprint density at radius 3 is 2.83 bits per heavy atom. The Hall–Kier alpha value is -2.14. The number of aromatic nitrogens is 2. The molecule has 0 spiro atoms. The van der Waals surface area contributed by atoms with Crippen LogP contribution in [0, 0.1) is 19.8 Å². The summed E-state index contributed by atoms with van der Waals surface area (Å²) in [5.74, 6) is 0.464. The van der Waals surface area contributed by atoms with Gasteiger partial charge in [-0.1, -0.05) is 12.1 Å². The van der Waals surface area contributed by atoms with Crippen molar-refractivity contribution in [2.75, 3.05) is 13.1 Å². The van der Waals surface area contributed by atoms with Crippen LogP contribution in [0.4, 0.5) is 0 Å². The van der Waals surface area contributed by atoms with Crippen LogP contribution in [0.3, 0.4) is 0 Å². The summed E-state index contributed by atoms with van der Waals surface area (Å²) in [5, 5.41) is 4.43. The normalized spacial score (nSPS) is 21.0. The second kappa shape index (κ2) is 6.16. The first-order chi connectivity index (χ1) is 11.0. The third-order valence-corrected chi connectivity index (χ3v) is 4.74. The van der Waals surface area contributed by atoms with Crippen LogP contribution >= 0.6 is 0 Å². The molecule has 1 amide bonds. The maximum absolute atomic E-state index is 12.9. The summed E-state index contributed by atoms with van der Waals surface area (Å²) < 4.78 is 1.83. The molecule has 122 valence electrons. The Balaban J connectivity index is 1.89. The number of likely N-dealkylation sites (tertiary alicyclic amines) is 1. The lowest BCUT2D eigenvalue weighted by atomic mass is 10.1. The van der Waals surface area contributed by atoms with Crippen LogP contribution in [-0.4, -0.2) is 39.7 Å². The first-order valence-electron chi connectivity index (χ1n) is 8.14. The molecule has 2 N–H and O–H groups in total. The SMILES string of the molecule is Cc1cccc(-n2ncc(C(=O)N3CC(CN)CC3C)c2C)c1. The van der Waals surface area contributed by atoms with Gasteiger partial charge in [0.1, 0.15) is 0 Å². The molecule has 2 atom stereocenters. The van der Waals surface area contributed by atoms with Crippen LogP contribution in [0.2, 0.25) is 0 Å². The second-order valence-corrected chi connectivity index (χ2v) is 6.54. The van der Waals surface area contributed by atoms with Crippen molar-refractivity contribution in [1.29, 1.82) is 0 Å². The molecule has 1 aromatic carbocycles. The van der Waals surface area contributed by atoms with Gasteiger partial charge in [0.15, 0.2) is 0 Å². The van der Waals surface area contributed by atoms with Gasteiger partial charge in [-0.15, -0.1) is 0 Å². The second-order valence-electron chi connectivity index (χ2n) is 6.54. The summed E-state index contributed by atoms with van der Waals surface area (Å²) in [6.45, 7) is 7.46. The number of nitrogens with zero attached hydrogens (tertiary/aromatic N) is 3. The van der Waals surface area contributed by atoms with Crippen LogP contribution in [0.25, 0.3) is 5.69 Å². The maximum atomic E-state index is 12.9. The number of nitrogens with two attached hydrogens (primary N) is 1. The van der Waals surface area contributed by atoms with Crippen molar-refractivity contribution in [3.63, 3.8) is 0 Å². The van der Waals surface area contributed by atoms with Crippen LogP contribution in [0.1, 0.15) is 35.0 Å². The van der Waals surface area contributed by atoms with Crippen molar-refractivity contribution < 1.29 is 4.79 Å². The standard InChI is InChI=1S/C18H24N4O/c1-12-5-4-6-16(7-12)22-14(3)17(10-20-22)18(23)21-11-15(9-19)8-13(21)2/h4-7,10,13,15H,8-9,11,19H2,1-3H3. The van der Waals surface area contributed by atoms with Gasteiger partial charge in [-0.3, -0.25) is 4.79 Å². The van der Waals surface area contributed by atoms with Gasteiger partial charge in [-0.25, -0.2) is 4.68 Å².